The molecular formula is C19H18BrNO. The third-order valence-electron chi connectivity index (χ3n) is 3.79. The average Bonchev–Trinajstić information content (AvgIpc) is 2.99. The van der Waals surface area contributed by atoms with Gasteiger partial charge in [-0.15, -0.1) is 0 Å². The molecule has 0 aliphatic rings. The van der Waals surface area contributed by atoms with Crippen LogP contribution in [0, 0.1) is 0 Å². The highest BCUT2D eigenvalue weighted by molar-refractivity contribution is 9.10. The van der Waals surface area contributed by atoms with Crippen molar-refractivity contribution in [2.24, 2.45) is 0 Å². The number of halogens is 1. The van der Waals surface area contributed by atoms with Gasteiger partial charge >= 0.3 is 0 Å². The Labute approximate surface area is 139 Å². The van der Waals surface area contributed by atoms with Gasteiger partial charge in [0.15, 0.2) is 0 Å². The molecule has 0 aliphatic carbocycles. The Bertz CT molecular complexity index is 757. The molecule has 0 aliphatic heterocycles. The standard InChI is InChI=1S/C19H18BrNO/c1-3-16-10-13-19(14-4-11-18(22-2)12-5-14)21(16)17-8-6-15(20)7-9-17/h4-13H,3H2,1-2H3. The Morgan fingerprint density at radius 1 is 0.909 bits per heavy atom. The maximum Gasteiger partial charge on any atom is 0.118 e. The van der Waals surface area contributed by atoms with Gasteiger partial charge in [0, 0.05) is 15.9 Å². The first-order chi connectivity index (χ1) is 10.7. The number of nitrogens with zero attached hydrogens (tertiary/aromatic N) is 1. The van der Waals surface area contributed by atoms with Crippen LogP contribution in [-0.2, 0) is 6.42 Å². The fourth-order valence-corrected chi connectivity index (χ4v) is 2.90. The number of hydrogen-bond donors (Lipinski definition) is 0. The second-order valence-corrected chi connectivity index (χ2v) is 6.02. The summed E-state index contributed by atoms with van der Waals surface area (Å²) in [5, 5.41) is 0. The van der Waals surface area contributed by atoms with Crippen molar-refractivity contribution in [3.8, 4) is 22.7 Å². The molecule has 0 radical (unpaired) electrons. The van der Waals surface area contributed by atoms with Gasteiger partial charge in [-0.1, -0.05) is 22.9 Å². The summed E-state index contributed by atoms with van der Waals surface area (Å²) in [7, 11) is 1.69. The van der Waals surface area contributed by atoms with Crippen LogP contribution in [0.2, 0.25) is 0 Å². The molecule has 0 spiro atoms. The highest BCUT2D eigenvalue weighted by atomic mass is 79.9. The van der Waals surface area contributed by atoms with Crippen molar-refractivity contribution < 1.29 is 4.74 Å². The van der Waals surface area contributed by atoms with Gasteiger partial charge in [0.1, 0.15) is 5.75 Å². The molecule has 0 saturated heterocycles. The van der Waals surface area contributed by atoms with Crippen LogP contribution in [0.25, 0.3) is 16.9 Å². The Morgan fingerprint density at radius 2 is 1.59 bits per heavy atom. The molecule has 1 heterocycles. The predicted molar refractivity (Wildman–Crippen MR) is 94.8 cm³/mol. The van der Waals surface area contributed by atoms with E-state index in [1.54, 1.807) is 7.11 Å². The summed E-state index contributed by atoms with van der Waals surface area (Å²) >= 11 is 3.50. The van der Waals surface area contributed by atoms with Crippen molar-refractivity contribution in [3.63, 3.8) is 0 Å². The minimum atomic E-state index is 0.876. The van der Waals surface area contributed by atoms with Gasteiger partial charge in [-0.3, -0.25) is 0 Å². The van der Waals surface area contributed by atoms with Crippen LogP contribution in [0.1, 0.15) is 12.6 Å². The summed E-state index contributed by atoms with van der Waals surface area (Å²) in [6, 6.07) is 21.0. The number of aromatic nitrogens is 1. The fraction of sp³-hybridized carbons (Fsp3) is 0.158. The zero-order chi connectivity index (χ0) is 15.5. The van der Waals surface area contributed by atoms with E-state index >= 15 is 0 Å². The Kier molecular flexibility index (Phi) is 4.34. The van der Waals surface area contributed by atoms with E-state index in [9.17, 15) is 0 Å². The van der Waals surface area contributed by atoms with E-state index in [1.165, 1.54) is 22.6 Å². The zero-order valence-electron chi connectivity index (χ0n) is 12.7. The van der Waals surface area contributed by atoms with Crippen LogP contribution in [0.4, 0.5) is 0 Å². The molecule has 1 aromatic heterocycles. The summed E-state index contributed by atoms with van der Waals surface area (Å²) in [5.74, 6) is 0.876. The smallest absolute Gasteiger partial charge is 0.118 e. The summed E-state index contributed by atoms with van der Waals surface area (Å²) in [5.41, 5.74) is 4.86. The Morgan fingerprint density at radius 3 is 2.18 bits per heavy atom. The summed E-state index contributed by atoms with van der Waals surface area (Å²) in [6.45, 7) is 2.18. The molecule has 0 unspecified atom stereocenters. The first-order valence-electron chi connectivity index (χ1n) is 7.34. The zero-order valence-corrected chi connectivity index (χ0v) is 14.3. The molecule has 3 aromatic rings. The van der Waals surface area contributed by atoms with E-state index in [1.807, 2.05) is 12.1 Å². The van der Waals surface area contributed by atoms with Gasteiger partial charge in [-0.25, -0.2) is 0 Å². The van der Waals surface area contributed by atoms with Crippen molar-refractivity contribution in [2.45, 2.75) is 13.3 Å². The van der Waals surface area contributed by atoms with Crippen molar-refractivity contribution in [1.82, 2.24) is 4.57 Å². The third kappa shape index (κ3) is 2.81. The third-order valence-corrected chi connectivity index (χ3v) is 4.32. The molecule has 112 valence electrons. The molecule has 0 amide bonds. The van der Waals surface area contributed by atoms with E-state index < -0.39 is 0 Å². The SMILES string of the molecule is CCc1ccc(-c2ccc(OC)cc2)n1-c1ccc(Br)cc1. The van der Waals surface area contributed by atoms with Crippen LogP contribution in [0.3, 0.4) is 0 Å². The number of rotatable bonds is 4. The fourth-order valence-electron chi connectivity index (χ4n) is 2.64. The van der Waals surface area contributed by atoms with Gasteiger partial charge < -0.3 is 9.30 Å². The molecule has 0 saturated carbocycles. The van der Waals surface area contributed by atoms with Gasteiger partial charge in [-0.05, 0) is 72.6 Å². The molecular weight excluding hydrogens is 338 g/mol. The van der Waals surface area contributed by atoms with Crippen LogP contribution in [-0.4, -0.2) is 11.7 Å². The molecule has 0 N–H and O–H groups in total. The lowest BCUT2D eigenvalue weighted by atomic mass is 10.1. The molecule has 3 rings (SSSR count). The maximum atomic E-state index is 5.25. The maximum absolute atomic E-state index is 5.25. The van der Waals surface area contributed by atoms with E-state index in [0.29, 0.717) is 0 Å². The molecule has 0 bridgehead atoms. The number of aryl methyl sites for hydroxylation is 1. The lowest BCUT2D eigenvalue weighted by molar-refractivity contribution is 0.415. The Balaban J connectivity index is 2.11. The molecule has 2 aromatic carbocycles. The van der Waals surface area contributed by atoms with Gasteiger partial charge in [0.05, 0.1) is 12.8 Å². The lowest BCUT2D eigenvalue weighted by Gasteiger charge is -2.14. The van der Waals surface area contributed by atoms with Crippen molar-refractivity contribution in [2.75, 3.05) is 7.11 Å². The van der Waals surface area contributed by atoms with Crippen molar-refractivity contribution in [3.05, 3.63) is 70.8 Å². The minimum Gasteiger partial charge on any atom is -0.497 e. The summed E-state index contributed by atoms with van der Waals surface area (Å²) in [4.78, 5) is 0. The van der Waals surface area contributed by atoms with Gasteiger partial charge in [-0.2, -0.15) is 0 Å². The van der Waals surface area contributed by atoms with E-state index in [-0.39, 0.29) is 0 Å². The molecule has 2 nitrogen and oxygen atoms in total. The number of ether oxygens (including phenoxy) is 1. The second kappa shape index (κ2) is 6.41. The second-order valence-electron chi connectivity index (χ2n) is 5.10. The normalized spacial score (nSPS) is 10.7. The van der Waals surface area contributed by atoms with Crippen molar-refractivity contribution in [1.29, 1.82) is 0 Å². The van der Waals surface area contributed by atoms with Crippen LogP contribution in [0.15, 0.2) is 65.1 Å². The number of hydrogen-bond acceptors (Lipinski definition) is 1. The largest absolute Gasteiger partial charge is 0.497 e. The summed E-state index contributed by atoms with van der Waals surface area (Å²) < 4.78 is 8.65. The molecule has 0 atom stereocenters. The predicted octanol–water partition coefficient (Wildman–Crippen LogP) is 5.48. The first-order valence-corrected chi connectivity index (χ1v) is 8.13. The number of methoxy groups -OCH3 is 1. The van der Waals surface area contributed by atoms with E-state index in [4.69, 9.17) is 4.74 Å². The molecule has 0 fully saturated rings. The van der Waals surface area contributed by atoms with E-state index in [0.717, 1.165) is 16.6 Å². The van der Waals surface area contributed by atoms with Gasteiger partial charge in [0.2, 0.25) is 0 Å². The number of benzene rings is 2. The van der Waals surface area contributed by atoms with Crippen LogP contribution < -0.4 is 4.74 Å². The highest BCUT2D eigenvalue weighted by Gasteiger charge is 2.11. The monoisotopic (exact) mass is 355 g/mol. The quantitative estimate of drug-likeness (QED) is 0.604. The molecule has 22 heavy (non-hydrogen) atoms. The lowest BCUT2D eigenvalue weighted by Crippen LogP contribution is -2.01. The van der Waals surface area contributed by atoms with E-state index in [2.05, 4.69) is 76.0 Å². The molecule has 3 heteroatoms. The highest BCUT2D eigenvalue weighted by Crippen LogP contribution is 2.29. The van der Waals surface area contributed by atoms with Crippen LogP contribution >= 0.6 is 15.9 Å². The minimum absolute atomic E-state index is 0.876. The topological polar surface area (TPSA) is 14.2 Å². The average molecular weight is 356 g/mol. The van der Waals surface area contributed by atoms with Crippen molar-refractivity contribution >= 4 is 15.9 Å². The summed E-state index contributed by atoms with van der Waals surface area (Å²) in [6.07, 6.45) is 0.992. The van der Waals surface area contributed by atoms with Gasteiger partial charge in [0.25, 0.3) is 0 Å². The first kappa shape index (κ1) is 14.9. The Hall–Kier alpha value is -2.00. The van der Waals surface area contributed by atoms with Crippen LogP contribution in [0.5, 0.6) is 5.75 Å².